The lowest BCUT2D eigenvalue weighted by atomic mass is 10.0. The molecule has 0 aliphatic carbocycles. The van der Waals surface area contributed by atoms with Gasteiger partial charge in [-0.15, -0.1) is 0 Å². The molecule has 0 radical (unpaired) electrons. The number of amides is 1. The zero-order chi connectivity index (χ0) is 20.0. The number of rotatable bonds is 6. The molecule has 26 heavy (non-hydrogen) atoms. The molecule has 10 heteroatoms. The lowest BCUT2D eigenvalue weighted by molar-refractivity contribution is -0.173. The lowest BCUT2D eigenvalue weighted by Crippen LogP contribution is -2.52. The van der Waals surface area contributed by atoms with Crippen molar-refractivity contribution >= 4 is 29.8 Å². The Hall–Kier alpha value is -2.65. The van der Waals surface area contributed by atoms with Crippen molar-refractivity contribution in [1.29, 1.82) is 0 Å². The Morgan fingerprint density at radius 3 is 1.88 bits per heavy atom. The quantitative estimate of drug-likeness (QED) is 0.450. The monoisotopic (exact) mass is 373 g/mol. The molecule has 1 saturated heterocycles. The summed E-state index contributed by atoms with van der Waals surface area (Å²) in [6, 6.07) is -0.982. The van der Waals surface area contributed by atoms with Crippen LogP contribution in [0.5, 0.6) is 0 Å². The number of carbonyl (C=O) groups excluding carboxylic acids is 5. The summed E-state index contributed by atoms with van der Waals surface area (Å²) in [5.41, 5.74) is 0. The van der Waals surface area contributed by atoms with Gasteiger partial charge in [0.15, 0.2) is 18.3 Å². The molecule has 0 spiro atoms. The van der Waals surface area contributed by atoms with Crippen LogP contribution in [0.25, 0.3) is 0 Å². The van der Waals surface area contributed by atoms with Crippen molar-refractivity contribution in [2.75, 3.05) is 13.2 Å². The van der Waals surface area contributed by atoms with Crippen LogP contribution in [0.4, 0.5) is 0 Å². The number of carbonyl (C=O) groups is 5. The average Bonchev–Trinajstić information content (AvgIpc) is 2.80. The van der Waals surface area contributed by atoms with E-state index in [1.807, 2.05) is 0 Å². The van der Waals surface area contributed by atoms with E-state index in [-0.39, 0.29) is 13.2 Å². The molecule has 0 aromatic rings. The molecule has 1 fully saturated rings. The van der Waals surface area contributed by atoms with Gasteiger partial charge >= 0.3 is 23.9 Å². The van der Waals surface area contributed by atoms with Crippen LogP contribution in [0.2, 0.25) is 0 Å². The minimum atomic E-state index is -1.11. The molecule has 1 amide bonds. The smallest absolute Gasteiger partial charge is 0.303 e. The second kappa shape index (κ2) is 9.16. The maximum absolute atomic E-state index is 12.0. The molecular weight excluding hydrogens is 350 g/mol. The van der Waals surface area contributed by atoms with Gasteiger partial charge < -0.3 is 23.8 Å². The van der Waals surface area contributed by atoms with E-state index in [1.165, 1.54) is 25.7 Å². The van der Waals surface area contributed by atoms with Crippen LogP contribution in [0.15, 0.2) is 0 Å². The Bertz CT molecular complexity index is 588. The first-order valence-corrected chi connectivity index (χ1v) is 7.95. The number of esters is 4. The topological polar surface area (TPSA) is 126 Å². The van der Waals surface area contributed by atoms with Gasteiger partial charge in [0.05, 0.1) is 6.54 Å². The predicted molar refractivity (Wildman–Crippen MR) is 84.5 cm³/mol. The van der Waals surface area contributed by atoms with Crippen molar-refractivity contribution in [2.24, 2.45) is 0 Å². The van der Waals surface area contributed by atoms with Crippen LogP contribution < -0.4 is 0 Å². The number of likely N-dealkylation sites (tertiary alicyclic amines) is 1. The molecule has 1 rings (SSSR count). The van der Waals surface area contributed by atoms with Gasteiger partial charge in [0.1, 0.15) is 12.6 Å². The normalized spacial score (nSPS) is 23.0. The summed E-state index contributed by atoms with van der Waals surface area (Å²) in [5, 5.41) is 0. The van der Waals surface area contributed by atoms with Crippen LogP contribution >= 0.6 is 0 Å². The van der Waals surface area contributed by atoms with E-state index >= 15 is 0 Å². The van der Waals surface area contributed by atoms with Crippen LogP contribution in [0, 0.1) is 0 Å². The highest BCUT2D eigenvalue weighted by atomic mass is 16.6. The molecule has 0 aromatic heterocycles. The molecule has 0 N–H and O–H groups in total. The fraction of sp³-hybridized carbons (Fsp3) is 0.688. The highest BCUT2D eigenvalue weighted by Gasteiger charge is 2.52. The third-order valence-electron chi connectivity index (χ3n) is 3.61. The summed E-state index contributed by atoms with van der Waals surface area (Å²) < 4.78 is 20.5. The Morgan fingerprint density at radius 2 is 1.46 bits per heavy atom. The highest BCUT2D eigenvalue weighted by molar-refractivity contribution is 5.75. The maximum Gasteiger partial charge on any atom is 0.303 e. The minimum Gasteiger partial charge on any atom is -0.462 e. The summed E-state index contributed by atoms with van der Waals surface area (Å²) >= 11 is 0. The summed E-state index contributed by atoms with van der Waals surface area (Å²) in [5.74, 6) is -3.00. The number of ether oxygens (including phenoxy) is 4. The minimum absolute atomic E-state index is 0.0602. The summed E-state index contributed by atoms with van der Waals surface area (Å²) in [6.07, 6.45) is -3.13. The van der Waals surface area contributed by atoms with Gasteiger partial charge in [-0.25, -0.2) is 0 Å². The molecule has 0 bridgehead atoms. The molecular formula is C16H23NO9. The molecule has 0 aromatic carbocycles. The van der Waals surface area contributed by atoms with Crippen molar-refractivity contribution in [3.63, 3.8) is 0 Å². The van der Waals surface area contributed by atoms with Crippen LogP contribution in [0.1, 0.15) is 34.6 Å². The molecule has 1 aliphatic rings. The average molecular weight is 373 g/mol. The third-order valence-corrected chi connectivity index (χ3v) is 3.61. The largest absolute Gasteiger partial charge is 0.462 e. The van der Waals surface area contributed by atoms with Crippen LogP contribution in [0.3, 0.4) is 0 Å². The molecule has 1 aliphatic heterocycles. The van der Waals surface area contributed by atoms with E-state index in [0.29, 0.717) is 0 Å². The SMILES string of the molecule is CC(=O)OCC(OC(C)=O)[C@@H]1[C@H](OC(C)=O)[C@@H](OC(C)=O)CN1C(C)=O. The van der Waals surface area contributed by atoms with Gasteiger partial charge in [0, 0.05) is 34.6 Å². The van der Waals surface area contributed by atoms with Gasteiger partial charge in [-0.1, -0.05) is 0 Å². The Kier molecular flexibility index (Phi) is 7.54. The fourth-order valence-electron chi connectivity index (χ4n) is 2.84. The van der Waals surface area contributed by atoms with Crippen LogP contribution in [-0.2, 0) is 42.9 Å². The van der Waals surface area contributed by atoms with E-state index in [4.69, 9.17) is 18.9 Å². The van der Waals surface area contributed by atoms with Crippen molar-refractivity contribution < 1.29 is 42.9 Å². The standard InChI is InChI=1S/C16H23NO9/c1-8(18)17-6-13(24-10(3)20)16(26-12(5)22)15(17)14(25-11(4)21)7-23-9(2)19/h13-16H,6-7H2,1-5H3/t13-,14?,15+,16+/m0/s1. The van der Waals surface area contributed by atoms with Crippen molar-refractivity contribution in [3.8, 4) is 0 Å². The number of hydrogen-bond donors (Lipinski definition) is 0. The first kappa shape index (κ1) is 21.4. The van der Waals surface area contributed by atoms with Crippen molar-refractivity contribution in [3.05, 3.63) is 0 Å². The van der Waals surface area contributed by atoms with Crippen LogP contribution in [-0.4, -0.2) is 72.2 Å². The first-order valence-electron chi connectivity index (χ1n) is 7.95. The third kappa shape index (κ3) is 6.01. The maximum atomic E-state index is 12.0. The van der Waals surface area contributed by atoms with Gasteiger partial charge in [0.25, 0.3) is 0 Å². The van der Waals surface area contributed by atoms with E-state index in [0.717, 1.165) is 13.8 Å². The van der Waals surface area contributed by atoms with Gasteiger partial charge in [-0.05, 0) is 0 Å². The molecule has 1 unspecified atom stereocenters. The second-order valence-electron chi connectivity index (χ2n) is 5.83. The summed E-state index contributed by atoms with van der Waals surface area (Å²) in [7, 11) is 0. The highest BCUT2D eigenvalue weighted by Crippen LogP contribution is 2.29. The Labute approximate surface area is 150 Å². The van der Waals surface area contributed by atoms with E-state index in [2.05, 4.69) is 0 Å². The number of hydrogen-bond acceptors (Lipinski definition) is 9. The van der Waals surface area contributed by atoms with E-state index in [1.54, 1.807) is 0 Å². The van der Waals surface area contributed by atoms with Gasteiger partial charge in [-0.2, -0.15) is 0 Å². The lowest BCUT2D eigenvalue weighted by Gasteiger charge is -2.32. The predicted octanol–water partition coefficient (Wildman–Crippen LogP) is -0.425. The Balaban J connectivity index is 3.24. The van der Waals surface area contributed by atoms with E-state index < -0.39 is 54.1 Å². The Morgan fingerprint density at radius 1 is 0.885 bits per heavy atom. The van der Waals surface area contributed by atoms with Crippen molar-refractivity contribution in [1.82, 2.24) is 4.90 Å². The zero-order valence-electron chi connectivity index (χ0n) is 15.3. The van der Waals surface area contributed by atoms with Gasteiger partial charge in [-0.3, -0.25) is 24.0 Å². The molecule has 10 nitrogen and oxygen atoms in total. The fourth-order valence-corrected chi connectivity index (χ4v) is 2.84. The van der Waals surface area contributed by atoms with Crippen molar-refractivity contribution in [2.45, 2.75) is 59.0 Å². The first-order chi connectivity index (χ1) is 12.0. The summed E-state index contributed by atoms with van der Waals surface area (Å²) in [6.45, 7) is 5.52. The molecule has 146 valence electrons. The zero-order valence-corrected chi connectivity index (χ0v) is 15.3. The molecule has 1 heterocycles. The molecule has 4 atom stereocenters. The second-order valence-corrected chi connectivity index (χ2v) is 5.83. The van der Waals surface area contributed by atoms with E-state index in [9.17, 15) is 24.0 Å². The van der Waals surface area contributed by atoms with Gasteiger partial charge in [0.2, 0.25) is 5.91 Å². The molecule has 0 saturated carbocycles. The summed E-state index contributed by atoms with van der Waals surface area (Å²) in [4.78, 5) is 58.8. The number of nitrogens with zero attached hydrogens (tertiary/aromatic N) is 1.